The SMILES string of the molecule is COCc1nnc2n1CCN(C(=O)c1nn(C)c3ccccc13)C2C. The number of ether oxygens (including phenoxy) is 1. The number of para-hydroxylation sites is 1. The molecule has 2 aromatic heterocycles. The van der Waals surface area contributed by atoms with E-state index in [1.54, 1.807) is 11.8 Å². The number of amides is 1. The van der Waals surface area contributed by atoms with Crippen LogP contribution < -0.4 is 0 Å². The topological polar surface area (TPSA) is 78.1 Å². The molecule has 0 spiro atoms. The monoisotopic (exact) mass is 340 g/mol. The van der Waals surface area contributed by atoms with Gasteiger partial charge in [-0.15, -0.1) is 10.2 Å². The summed E-state index contributed by atoms with van der Waals surface area (Å²) in [5.74, 6) is 1.50. The number of rotatable bonds is 3. The quantitative estimate of drug-likeness (QED) is 0.722. The lowest BCUT2D eigenvalue weighted by molar-refractivity contribution is 0.0627. The number of hydrogen-bond donors (Lipinski definition) is 0. The number of aryl methyl sites for hydroxylation is 1. The average Bonchev–Trinajstić information content (AvgIpc) is 3.18. The van der Waals surface area contributed by atoms with Crippen LogP contribution in [0, 0.1) is 0 Å². The average molecular weight is 340 g/mol. The normalized spacial score (nSPS) is 17.1. The van der Waals surface area contributed by atoms with Crippen molar-refractivity contribution in [1.29, 1.82) is 0 Å². The standard InChI is InChI=1S/C17H20N6O2/c1-11-16-19-18-14(10-25-3)23(16)9-8-22(11)17(24)15-12-6-4-5-7-13(12)21(2)20-15/h4-7,11H,8-10H2,1-3H3. The molecule has 130 valence electrons. The Bertz CT molecular complexity index is 944. The number of fused-ring (bicyclic) bond motifs is 2. The van der Waals surface area contributed by atoms with Gasteiger partial charge in [0.05, 0.1) is 11.6 Å². The summed E-state index contributed by atoms with van der Waals surface area (Å²) in [6, 6.07) is 7.60. The number of hydrogen-bond acceptors (Lipinski definition) is 5. The highest BCUT2D eigenvalue weighted by Crippen LogP contribution is 2.28. The molecule has 3 heterocycles. The fraction of sp³-hybridized carbons (Fsp3) is 0.412. The van der Waals surface area contributed by atoms with Gasteiger partial charge in [0.2, 0.25) is 0 Å². The van der Waals surface area contributed by atoms with Crippen molar-refractivity contribution < 1.29 is 9.53 Å². The predicted molar refractivity (Wildman–Crippen MR) is 90.9 cm³/mol. The lowest BCUT2D eigenvalue weighted by Crippen LogP contribution is -2.41. The molecule has 1 aliphatic heterocycles. The Kier molecular flexibility index (Phi) is 3.76. The number of benzene rings is 1. The maximum Gasteiger partial charge on any atom is 0.275 e. The van der Waals surface area contributed by atoms with Crippen molar-refractivity contribution in [2.75, 3.05) is 13.7 Å². The van der Waals surface area contributed by atoms with Crippen molar-refractivity contribution in [3.63, 3.8) is 0 Å². The number of nitrogens with zero attached hydrogens (tertiary/aromatic N) is 6. The van der Waals surface area contributed by atoms with Crippen LogP contribution in [-0.2, 0) is 24.9 Å². The fourth-order valence-electron chi connectivity index (χ4n) is 3.46. The summed E-state index contributed by atoms with van der Waals surface area (Å²) >= 11 is 0. The van der Waals surface area contributed by atoms with E-state index in [0.717, 1.165) is 22.6 Å². The third kappa shape index (κ3) is 2.41. The first-order valence-electron chi connectivity index (χ1n) is 8.25. The van der Waals surface area contributed by atoms with Crippen LogP contribution in [0.5, 0.6) is 0 Å². The molecular formula is C17H20N6O2. The van der Waals surface area contributed by atoms with E-state index in [9.17, 15) is 4.79 Å². The zero-order chi connectivity index (χ0) is 17.6. The van der Waals surface area contributed by atoms with Crippen molar-refractivity contribution in [3.05, 3.63) is 41.6 Å². The van der Waals surface area contributed by atoms with E-state index in [2.05, 4.69) is 15.3 Å². The van der Waals surface area contributed by atoms with Gasteiger partial charge in [0.1, 0.15) is 6.61 Å². The molecule has 3 aromatic rings. The first-order chi connectivity index (χ1) is 12.1. The molecular weight excluding hydrogens is 320 g/mol. The lowest BCUT2D eigenvalue weighted by Gasteiger charge is -2.33. The van der Waals surface area contributed by atoms with Gasteiger partial charge in [0.25, 0.3) is 5.91 Å². The molecule has 1 unspecified atom stereocenters. The Hall–Kier alpha value is -2.74. The lowest BCUT2D eigenvalue weighted by atomic mass is 10.1. The van der Waals surface area contributed by atoms with E-state index in [-0.39, 0.29) is 11.9 Å². The van der Waals surface area contributed by atoms with Gasteiger partial charge in [-0.3, -0.25) is 9.48 Å². The van der Waals surface area contributed by atoms with Crippen LogP contribution in [0.1, 0.15) is 35.1 Å². The Balaban J connectivity index is 1.69. The highest BCUT2D eigenvalue weighted by Gasteiger charge is 2.33. The highest BCUT2D eigenvalue weighted by molar-refractivity contribution is 6.05. The number of aromatic nitrogens is 5. The maximum atomic E-state index is 13.1. The van der Waals surface area contributed by atoms with Gasteiger partial charge in [0, 0.05) is 32.6 Å². The molecule has 0 N–H and O–H groups in total. The Morgan fingerprint density at radius 2 is 2.08 bits per heavy atom. The van der Waals surface area contributed by atoms with Crippen LogP contribution >= 0.6 is 0 Å². The second kappa shape index (κ2) is 5.96. The summed E-state index contributed by atoms with van der Waals surface area (Å²) in [6.07, 6.45) is 0. The molecule has 0 saturated carbocycles. The minimum atomic E-state index is -0.167. The van der Waals surface area contributed by atoms with Gasteiger partial charge in [-0.1, -0.05) is 18.2 Å². The van der Waals surface area contributed by atoms with Crippen LogP contribution in [-0.4, -0.2) is 49.0 Å². The molecule has 0 saturated heterocycles. The van der Waals surface area contributed by atoms with E-state index in [1.165, 1.54) is 0 Å². The number of carbonyl (C=O) groups excluding carboxylic acids is 1. The van der Waals surface area contributed by atoms with Crippen LogP contribution in [0.4, 0.5) is 0 Å². The van der Waals surface area contributed by atoms with E-state index >= 15 is 0 Å². The Labute approximate surface area is 145 Å². The molecule has 0 fully saturated rings. The minimum Gasteiger partial charge on any atom is -0.377 e. The summed E-state index contributed by atoms with van der Waals surface area (Å²) in [4.78, 5) is 15.0. The molecule has 0 bridgehead atoms. The highest BCUT2D eigenvalue weighted by atomic mass is 16.5. The fourth-order valence-corrected chi connectivity index (χ4v) is 3.46. The van der Waals surface area contributed by atoms with Crippen molar-refractivity contribution in [1.82, 2.24) is 29.4 Å². The second-order valence-corrected chi connectivity index (χ2v) is 6.22. The first kappa shape index (κ1) is 15.8. The molecule has 8 heteroatoms. The zero-order valence-corrected chi connectivity index (χ0v) is 14.5. The predicted octanol–water partition coefficient (Wildman–Crippen LogP) is 1.53. The van der Waals surface area contributed by atoms with Crippen molar-refractivity contribution >= 4 is 16.8 Å². The van der Waals surface area contributed by atoms with Gasteiger partial charge in [0.15, 0.2) is 17.3 Å². The number of methoxy groups -OCH3 is 1. The van der Waals surface area contributed by atoms with Crippen molar-refractivity contribution in [2.45, 2.75) is 26.1 Å². The maximum absolute atomic E-state index is 13.1. The molecule has 1 aromatic carbocycles. The van der Waals surface area contributed by atoms with Crippen LogP contribution in [0.3, 0.4) is 0 Å². The Morgan fingerprint density at radius 3 is 2.88 bits per heavy atom. The Morgan fingerprint density at radius 1 is 1.28 bits per heavy atom. The molecule has 1 atom stereocenters. The van der Waals surface area contributed by atoms with E-state index < -0.39 is 0 Å². The molecule has 0 aliphatic carbocycles. The van der Waals surface area contributed by atoms with E-state index in [4.69, 9.17) is 4.74 Å². The minimum absolute atomic E-state index is 0.0770. The first-order valence-corrected chi connectivity index (χ1v) is 8.25. The van der Waals surface area contributed by atoms with Crippen LogP contribution in [0.15, 0.2) is 24.3 Å². The van der Waals surface area contributed by atoms with E-state index in [0.29, 0.717) is 25.4 Å². The van der Waals surface area contributed by atoms with Gasteiger partial charge in [-0.05, 0) is 13.0 Å². The molecule has 4 rings (SSSR count). The van der Waals surface area contributed by atoms with Crippen LogP contribution in [0.25, 0.3) is 10.9 Å². The molecule has 1 aliphatic rings. The second-order valence-electron chi connectivity index (χ2n) is 6.22. The van der Waals surface area contributed by atoms with Gasteiger partial charge >= 0.3 is 0 Å². The zero-order valence-electron chi connectivity index (χ0n) is 14.5. The molecule has 8 nitrogen and oxygen atoms in total. The van der Waals surface area contributed by atoms with Gasteiger partial charge in [-0.25, -0.2) is 0 Å². The molecule has 1 amide bonds. The summed E-state index contributed by atoms with van der Waals surface area (Å²) < 4.78 is 8.95. The molecule has 25 heavy (non-hydrogen) atoms. The smallest absolute Gasteiger partial charge is 0.275 e. The largest absolute Gasteiger partial charge is 0.377 e. The summed E-state index contributed by atoms with van der Waals surface area (Å²) in [5, 5.41) is 13.8. The molecule has 0 radical (unpaired) electrons. The van der Waals surface area contributed by atoms with Crippen LogP contribution in [0.2, 0.25) is 0 Å². The summed E-state index contributed by atoms with van der Waals surface area (Å²) in [6.45, 7) is 3.63. The van der Waals surface area contributed by atoms with E-state index in [1.807, 2.05) is 47.7 Å². The third-order valence-electron chi connectivity index (χ3n) is 4.76. The summed E-state index contributed by atoms with van der Waals surface area (Å²) in [7, 11) is 3.49. The van der Waals surface area contributed by atoms with Crippen molar-refractivity contribution in [3.8, 4) is 0 Å². The number of carbonyl (C=O) groups is 1. The van der Waals surface area contributed by atoms with Gasteiger partial charge < -0.3 is 14.2 Å². The summed E-state index contributed by atoms with van der Waals surface area (Å²) in [5.41, 5.74) is 1.43. The van der Waals surface area contributed by atoms with Crippen molar-refractivity contribution in [2.24, 2.45) is 7.05 Å². The van der Waals surface area contributed by atoms with Gasteiger partial charge in [-0.2, -0.15) is 5.10 Å². The third-order valence-corrected chi connectivity index (χ3v) is 4.76.